The van der Waals surface area contributed by atoms with E-state index >= 15 is 0 Å². The first kappa shape index (κ1) is 15.4. The summed E-state index contributed by atoms with van der Waals surface area (Å²) in [6.45, 7) is 8.96. The molecule has 2 heteroatoms. The van der Waals surface area contributed by atoms with Crippen LogP contribution in [0.4, 0.5) is 5.69 Å². The molecule has 0 aliphatic carbocycles. The van der Waals surface area contributed by atoms with Crippen molar-refractivity contribution in [2.75, 3.05) is 18.0 Å². The third-order valence-electron chi connectivity index (χ3n) is 4.58. The zero-order chi connectivity index (χ0) is 14.4. The number of anilines is 1. The van der Waals surface area contributed by atoms with Gasteiger partial charge >= 0.3 is 0 Å². The topological polar surface area (TPSA) is 15.3 Å². The van der Waals surface area contributed by atoms with E-state index in [1.165, 1.54) is 49.9 Å². The number of rotatable bonds is 5. The predicted octanol–water partition coefficient (Wildman–Crippen LogP) is 4.52. The highest BCUT2D eigenvalue weighted by atomic mass is 15.2. The molecule has 0 radical (unpaired) electrons. The van der Waals surface area contributed by atoms with Gasteiger partial charge in [0.1, 0.15) is 0 Å². The Kier molecular flexibility index (Phi) is 5.90. The van der Waals surface area contributed by atoms with E-state index < -0.39 is 0 Å². The molecule has 0 saturated carbocycles. The third-order valence-corrected chi connectivity index (χ3v) is 4.58. The van der Waals surface area contributed by atoms with Crippen LogP contribution in [0.25, 0.3) is 0 Å². The molecule has 2 atom stereocenters. The molecule has 0 bridgehead atoms. The Morgan fingerprint density at radius 3 is 2.55 bits per heavy atom. The predicted molar refractivity (Wildman–Crippen MR) is 88.4 cm³/mol. The van der Waals surface area contributed by atoms with Crippen LogP contribution in [0.5, 0.6) is 0 Å². The fourth-order valence-electron chi connectivity index (χ4n) is 3.32. The van der Waals surface area contributed by atoms with Crippen LogP contribution in [0.2, 0.25) is 0 Å². The summed E-state index contributed by atoms with van der Waals surface area (Å²) in [6, 6.07) is 10.4. The highest BCUT2D eigenvalue weighted by Crippen LogP contribution is 2.27. The van der Waals surface area contributed by atoms with Crippen molar-refractivity contribution in [3.05, 3.63) is 29.8 Å². The Morgan fingerprint density at radius 2 is 1.90 bits per heavy atom. The molecule has 1 fully saturated rings. The lowest BCUT2D eigenvalue weighted by Gasteiger charge is -2.31. The lowest BCUT2D eigenvalue weighted by atomic mass is 10.0. The Morgan fingerprint density at radius 1 is 1.15 bits per heavy atom. The summed E-state index contributed by atoms with van der Waals surface area (Å²) in [5.74, 6) is 0. The van der Waals surface area contributed by atoms with E-state index in [1.54, 1.807) is 0 Å². The highest BCUT2D eigenvalue weighted by Gasteiger charge is 2.19. The van der Waals surface area contributed by atoms with E-state index in [0.29, 0.717) is 6.04 Å². The summed E-state index contributed by atoms with van der Waals surface area (Å²) in [5.41, 5.74) is 2.80. The average Bonchev–Trinajstić information content (AvgIpc) is 2.72. The number of hydrogen-bond donors (Lipinski definition) is 1. The molecule has 0 amide bonds. The molecule has 112 valence electrons. The minimum atomic E-state index is 0.445. The van der Waals surface area contributed by atoms with Gasteiger partial charge in [-0.1, -0.05) is 38.8 Å². The fraction of sp³-hybridized carbons (Fsp3) is 0.667. The molecule has 2 unspecified atom stereocenters. The monoisotopic (exact) mass is 274 g/mol. The minimum Gasteiger partial charge on any atom is -0.369 e. The molecule has 1 aromatic rings. The Balaban J connectivity index is 2.11. The van der Waals surface area contributed by atoms with Gasteiger partial charge < -0.3 is 10.2 Å². The van der Waals surface area contributed by atoms with Gasteiger partial charge in [0, 0.05) is 24.3 Å². The average molecular weight is 274 g/mol. The van der Waals surface area contributed by atoms with Gasteiger partial charge in [-0.15, -0.1) is 0 Å². The van der Waals surface area contributed by atoms with Crippen molar-refractivity contribution in [1.29, 1.82) is 0 Å². The zero-order valence-corrected chi connectivity index (χ0v) is 13.4. The van der Waals surface area contributed by atoms with Crippen molar-refractivity contribution >= 4 is 5.69 Å². The molecule has 2 rings (SSSR count). The van der Waals surface area contributed by atoms with Gasteiger partial charge in [0.2, 0.25) is 0 Å². The normalized spacial score (nSPS) is 21.6. The van der Waals surface area contributed by atoms with Crippen LogP contribution in [0.1, 0.15) is 64.5 Å². The van der Waals surface area contributed by atoms with E-state index in [0.717, 1.165) is 12.6 Å². The highest BCUT2D eigenvalue weighted by molar-refractivity contribution is 5.49. The van der Waals surface area contributed by atoms with Crippen LogP contribution in [-0.4, -0.2) is 19.1 Å². The van der Waals surface area contributed by atoms with Crippen LogP contribution in [0.15, 0.2) is 24.3 Å². The zero-order valence-electron chi connectivity index (χ0n) is 13.4. The van der Waals surface area contributed by atoms with Crippen molar-refractivity contribution < 1.29 is 0 Å². The molecule has 2 nitrogen and oxygen atoms in total. The van der Waals surface area contributed by atoms with E-state index in [4.69, 9.17) is 0 Å². The number of hydrogen-bond acceptors (Lipinski definition) is 2. The smallest absolute Gasteiger partial charge is 0.0368 e. The summed E-state index contributed by atoms with van der Waals surface area (Å²) in [4.78, 5) is 2.63. The van der Waals surface area contributed by atoms with Crippen molar-refractivity contribution in [3.8, 4) is 0 Å². The Labute approximate surface area is 124 Å². The maximum absolute atomic E-state index is 3.48. The minimum absolute atomic E-state index is 0.445. The van der Waals surface area contributed by atoms with Gasteiger partial charge in [-0.2, -0.15) is 0 Å². The SMILES string of the molecule is CCNC(C)c1ccc(N2CCCCCC2CC)cc1. The van der Waals surface area contributed by atoms with Crippen LogP contribution < -0.4 is 10.2 Å². The van der Waals surface area contributed by atoms with Crippen LogP contribution in [0, 0.1) is 0 Å². The second-order valence-corrected chi connectivity index (χ2v) is 5.98. The van der Waals surface area contributed by atoms with E-state index in [1.807, 2.05) is 0 Å². The summed E-state index contributed by atoms with van der Waals surface area (Å²) in [6.07, 6.45) is 6.74. The summed E-state index contributed by atoms with van der Waals surface area (Å²) >= 11 is 0. The van der Waals surface area contributed by atoms with Crippen LogP contribution >= 0.6 is 0 Å². The van der Waals surface area contributed by atoms with Crippen molar-refractivity contribution in [2.24, 2.45) is 0 Å². The van der Waals surface area contributed by atoms with Gasteiger partial charge in [-0.25, -0.2) is 0 Å². The summed E-state index contributed by atoms with van der Waals surface area (Å²) in [7, 11) is 0. The van der Waals surface area contributed by atoms with Gasteiger partial charge in [-0.3, -0.25) is 0 Å². The van der Waals surface area contributed by atoms with Crippen molar-refractivity contribution in [2.45, 2.75) is 65.0 Å². The molecular formula is C18H30N2. The molecule has 1 saturated heterocycles. The number of benzene rings is 1. The second-order valence-electron chi connectivity index (χ2n) is 5.98. The fourth-order valence-corrected chi connectivity index (χ4v) is 3.32. The Hall–Kier alpha value is -1.02. The molecule has 20 heavy (non-hydrogen) atoms. The first-order valence-electron chi connectivity index (χ1n) is 8.36. The Bertz CT molecular complexity index is 385. The van der Waals surface area contributed by atoms with Gasteiger partial charge in [-0.05, 0) is 50.4 Å². The molecule has 0 aromatic heterocycles. The molecule has 1 N–H and O–H groups in total. The summed E-state index contributed by atoms with van der Waals surface area (Å²) < 4.78 is 0. The lowest BCUT2D eigenvalue weighted by Crippen LogP contribution is -2.34. The van der Waals surface area contributed by atoms with E-state index in [2.05, 4.69) is 55.3 Å². The summed E-state index contributed by atoms with van der Waals surface area (Å²) in [5, 5.41) is 3.48. The third kappa shape index (κ3) is 3.76. The molecule has 1 aliphatic rings. The van der Waals surface area contributed by atoms with E-state index in [-0.39, 0.29) is 0 Å². The quantitative estimate of drug-likeness (QED) is 0.849. The van der Waals surface area contributed by atoms with E-state index in [9.17, 15) is 0 Å². The standard InChI is InChI=1S/C18H30N2/c1-4-17-9-7-6-8-14-20(17)18-12-10-16(11-13-18)15(3)19-5-2/h10-13,15,17,19H,4-9,14H2,1-3H3. The number of nitrogens with zero attached hydrogens (tertiary/aromatic N) is 1. The molecular weight excluding hydrogens is 244 g/mol. The van der Waals surface area contributed by atoms with Crippen molar-refractivity contribution in [1.82, 2.24) is 5.32 Å². The molecule has 1 aromatic carbocycles. The first-order chi connectivity index (χ1) is 9.76. The van der Waals surface area contributed by atoms with Gasteiger partial charge in [0.15, 0.2) is 0 Å². The first-order valence-corrected chi connectivity index (χ1v) is 8.36. The molecule has 1 aliphatic heterocycles. The number of nitrogens with one attached hydrogen (secondary N) is 1. The van der Waals surface area contributed by atoms with Crippen molar-refractivity contribution in [3.63, 3.8) is 0 Å². The molecule has 1 heterocycles. The lowest BCUT2D eigenvalue weighted by molar-refractivity contribution is 0.556. The van der Waals surface area contributed by atoms with Crippen LogP contribution in [-0.2, 0) is 0 Å². The maximum Gasteiger partial charge on any atom is 0.0368 e. The largest absolute Gasteiger partial charge is 0.369 e. The van der Waals surface area contributed by atoms with Crippen LogP contribution in [0.3, 0.4) is 0 Å². The maximum atomic E-state index is 3.48. The second kappa shape index (κ2) is 7.68. The van der Waals surface area contributed by atoms with Gasteiger partial charge in [0.05, 0.1) is 0 Å². The van der Waals surface area contributed by atoms with Gasteiger partial charge in [0.25, 0.3) is 0 Å². The molecule has 0 spiro atoms.